The first kappa shape index (κ1) is 20.9. The van der Waals surface area contributed by atoms with Gasteiger partial charge in [0.15, 0.2) is 0 Å². The number of hydrogen-bond donors (Lipinski definition) is 2. The molecule has 0 spiro atoms. The van der Waals surface area contributed by atoms with Gasteiger partial charge in [0.25, 0.3) is 10.0 Å². The number of sulfonamides is 1. The van der Waals surface area contributed by atoms with Crippen molar-refractivity contribution in [1.82, 2.24) is 0 Å². The Kier molecular flexibility index (Phi) is 5.35. The van der Waals surface area contributed by atoms with Gasteiger partial charge in [-0.25, -0.2) is 8.42 Å². The Bertz CT molecular complexity index is 1310. The number of methoxy groups -OCH3 is 1. The number of halogens is 1. The summed E-state index contributed by atoms with van der Waals surface area (Å²) < 4.78 is 34.2. The lowest BCUT2D eigenvalue weighted by molar-refractivity contribution is 0.417. The molecule has 0 saturated heterocycles. The van der Waals surface area contributed by atoms with Crippen LogP contribution in [0.5, 0.6) is 5.75 Å². The molecule has 3 aromatic carbocycles. The summed E-state index contributed by atoms with van der Waals surface area (Å²) in [4.78, 5) is 0.221. The van der Waals surface area contributed by atoms with Gasteiger partial charge in [-0.3, -0.25) is 4.72 Å². The maximum Gasteiger partial charge on any atom is 0.262 e. The Morgan fingerprint density at radius 2 is 1.81 bits per heavy atom. The smallest absolute Gasteiger partial charge is 0.262 e. The fourth-order valence-corrected chi connectivity index (χ4v) is 6.07. The summed E-state index contributed by atoms with van der Waals surface area (Å²) in [5.41, 5.74) is 3.38. The van der Waals surface area contributed by atoms with Crippen LogP contribution in [-0.2, 0) is 10.0 Å². The van der Waals surface area contributed by atoms with Crippen LogP contribution in [-0.4, -0.2) is 15.5 Å². The molecule has 0 fully saturated rings. The monoisotopic (exact) mass is 466 g/mol. The quantitative estimate of drug-likeness (QED) is 0.454. The highest BCUT2D eigenvalue weighted by atomic mass is 35.5. The Labute approximate surface area is 193 Å². The zero-order chi connectivity index (χ0) is 22.3. The molecule has 1 aliphatic heterocycles. The van der Waals surface area contributed by atoms with Crippen LogP contribution in [0.1, 0.15) is 29.5 Å². The van der Waals surface area contributed by atoms with E-state index in [-0.39, 0.29) is 22.8 Å². The topological polar surface area (TPSA) is 67.4 Å². The van der Waals surface area contributed by atoms with Gasteiger partial charge >= 0.3 is 0 Å². The number of fused-ring (bicyclic) bond motifs is 3. The lowest BCUT2D eigenvalue weighted by Crippen LogP contribution is -2.29. The van der Waals surface area contributed by atoms with Crippen LogP contribution in [0.15, 0.2) is 83.8 Å². The molecule has 0 aromatic heterocycles. The molecule has 2 aliphatic rings. The van der Waals surface area contributed by atoms with Crippen LogP contribution in [0, 0.1) is 5.92 Å². The van der Waals surface area contributed by atoms with E-state index in [1.807, 2.05) is 24.3 Å². The highest BCUT2D eigenvalue weighted by Gasteiger charge is 2.39. The second kappa shape index (κ2) is 8.19. The summed E-state index contributed by atoms with van der Waals surface area (Å²) in [5.74, 6) is 0.855. The van der Waals surface area contributed by atoms with E-state index in [1.165, 1.54) is 7.11 Å². The van der Waals surface area contributed by atoms with E-state index in [0.717, 1.165) is 28.3 Å². The predicted octanol–water partition coefficient (Wildman–Crippen LogP) is 5.98. The summed E-state index contributed by atoms with van der Waals surface area (Å²) in [6.07, 6.45) is 5.26. The van der Waals surface area contributed by atoms with Gasteiger partial charge < -0.3 is 10.1 Å². The second-order valence-corrected chi connectivity index (χ2v) is 10.1. The van der Waals surface area contributed by atoms with Crippen LogP contribution < -0.4 is 14.8 Å². The van der Waals surface area contributed by atoms with Gasteiger partial charge in [0, 0.05) is 16.6 Å². The van der Waals surface area contributed by atoms with Crippen LogP contribution in [0.4, 0.5) is 11.4 Å². The number of hydrogen-bond acceptors (Lipinski definition) is 4. The number of anilines is 2. The van der Waals surface area contributed by atoms with Crippen molar-refractivity contribution in [3.63, 3.8) is 0 Å². The SMILES string of the molecule is COc1ccccc1NS(=O)(=O)c1ccc2c(c1)C1C=CCC1[C@@H](c1ccccc1Cl)N2. The molecule has 7 heteroatoms. The van der Waals surface area contributed by atoms with Crippen molar-refractivity contribution in [3.05, 3.63) is 95.0 Å². The van der Waals surface area contributed by atoms with Gasteiger partial charge in [-0.15, -0.1) is 0 Å². The molecule has 0 amide bonds. The van der Waals surface area contributed by atoms with Crippen molar-refractivity contribution in [2.45, 2.75) is 23.3 Å². The maximum absolute atomic E-state index is 13.2. The van der Waals surface area contributed by atoms with Crippen molar-refractivity contribution >= 4 is 33.0 Å². The summed E-state index contributed by atoms with van der Waals surface area (Å²) in [5, 5.41) is 4.35. The minimum atomic E-state index is -3.78. The van der Waals surface area contributed by atoms with Crippen molar-refractivity contribution in [2.24, 2.45) is 5.92 Å². The van der Waals surface area contributed by atoms with E-state index in [0.29, 0.717) is 11.4 Å². The summed E-state index contributed by atoms with van der Waals surface area (Å²) in [6, 6.07) is 20.2. The molecule has 5 nitrogen and oxygen atoms in total. The predicted molar refractivity (Wildman–Crippen MR) is 128 cm³/mol. The number of ether oxygens (including phenoxy) is 1. The highest BCUT2D eigenvalue weighted by molar-refractivity contribution is 7.92. The fraction of sp³-hybridized carbons (Fsp3) is 0.200. The van der Waals surface area contributed by atoms with Gasteiger partial charge in [-0.05, 0) is 59.9 Å². The second-order valence-electron chi connectivity index (χ2n) is 8.05. The summed E-state index contributed by atoms with van der Waals surface area (Å²) in [7, 11) is -2.27. The third-order valence-electron chi connectivity index (χ3n) is 6.24. The van der Waals surface area contributed by atoms with Crippen LogP contribution in [0.3, 0.4) is 0 Å². The molecule has 32 heavy (non-hydrogen) atoms. The molecular weight excluding hydrogens is 444 g/mol. The molecule has 1 heterocycles. The Morgan fingerprint density at radius 1 is 1.03 bits per heavy atom. The molecule has 0 radical (unpaired) electrons. The van der Waals surface area contributed by atoms with Crippen molar-refractivity contribution in [3.8, 4) is 5.75 Å². The first-order chi connectivity index (χ1) is 15.5. The molecule has 164 valence electrons. The molecule has 1 aliphatic carbocycles. The molecule has 0 bridgehead atoms. The third-order valence-corrected chi connectivity index (χ3v) is 7.94. The lowest BCUT2D eigenvalue weighted by atomic mass is 9.77. The molecular formula is C25H23ClN2O3S. The number of benzene rings is 3. The number of allylic oxidation sites excluding steroid dienone is 2. The van der Waals surface area contributed by atoms with Crippen LogP contribution in [0.2, 0.25) is 5.02 Å². The zero-order valence-electron chi connectivity index (χ0n) is 17.5. The van der Waals surface area contributed by atoms with Crippen LogP contribution in [0.25, 0.3) is 0 Å². The van der Waals surface area contributed by atoms with E-state index in [1.54, 1.807) is 36.4 Å². The number of rotatable bonds is 5. The molecule has 5 rings (SSSR count). The molecule has 3 aromatic rings. The highest BCUT2D eigenvalue weighted by Crippen LogP contribution is 2.51. The molecule has 2 N–H and O–H groups in total. The average Bonchev–Trinajstić information content (AvgIpc) is 3.29. The first-order valence-corrected chi connectivity index (χ1v) is 12.3. The minimum Gasteiger partial charge on any atom is -0.495 e. The fourth-order valence-electron chi connectivity index (χ4n) is 4.71. The number of nitrogens with one attached hydrogen (secondary N) is 2. The minimum absolute atomic E-state index is 0.0605. The van der Waals surface area contributed by atoms with E-state index < -0.39 is 10.0 Å². The Morgan fingerprint density at radius 3 is 2.62 bits per heavy atom. The normalized spacial score (nSPS) is 21.4. The van der Waals surface area contributed by atoms with Crippen molar-refractivity contribution in [1.29, 1.82) is 0 Å². The lowest BCUT2D eigenvalue weighted by Gasteiger charge is -2.38. The standard InChI is InChI=1S/C25H23ClN2O3S/c1-31-24-12-5-4-11-23(24)28-32(29,30)16-13-14-22-20(15-16)17-8-6-9-18(17)25(27-22)19-7-2-3-10-21(19)26/h2-8,10-15,17-18,25,27-28H,9H2,1H3/t17?,18?,25-/m0/s1. The van der Waals surface area contributed by atoms with Gasteiger partial charge in [0.05, 0.1) is 23.7 Å². The Hall–Kier alpha value is -2.96. The van der Waals surface area contributed by atoms with E-state index in [2.05, 4.69) is 28.3 Å². The molecule has 3 atom stereocenters. The molecule has 0 saturated carbocycles. The largest absolute Gasteiger partial charge is 0.495 e. The van der Waals surface area contributed by atoms with Gasteiger partial charge in [-0.1, -0.05) is 54.1 Å². The third kappa shape index (κ3) is 3.63. The van der Waals surface area contributed by atoms with Crippen molar-refractivity contribution < 1.29 is 13.2 Å². The molecule has 2 unspecified atom stereocenters. The zero-order valence-corrected chi connectivity index (χ0v) is 19.0. The Balaban J connectivity index is 1.51. The average molecular weight is 467 g/mol. The van der Waals surface area contributed by atoms with Crippen molar-refractivity contribution in [2.75, 3.05) is 17.1 Å². The summed E-state index contributed by atoms with van der Waals surface area (Å²) in [6.45, 7) is 0. The van der Waals surface area contributed by atoms with E-state index >= 15 is 0 Å². The van der Waals surface area contributed by atoms with Gasteiger partial charge in [0.1, 0.15) is 5.75 Å². The van der Waals surface area contributed by atoms with Crippen LogP contribution >= 0.6 is 11.6 Å². The first-order valence-electron chi connectivity index (χ1n) is 10.5. The van der Waals surface area contributed by atoms with Gasteiger partial charge in [-0.2, -0.15) is 0 Å². The number of para-hydroxylation sites is 2. The van der Waals surface area contributed by atoms with Gasteiger partial charge in [0.2, 0.25) is 0 Å². The van der Waals surface area contributed by atoms with E-state index in [4.69, 9.17) is 16.3 Å². The maximum atomic E-state index is 13.2. The van der Waals surface area contributed by atoms with E-state index in [9.17, 15) is 8.42 Å². The summed E-state index contributed by atoms with van der Waals surface area (Å²) >= 11 is 6.50.